The number of nitrogens with one attached hydrogen (secondary N) is 1. The van der Waals surface area contributed by atoms with Gasteiger partial charge in [-0.15, -0.1) is 0 Å². The van der Waals surface area contributed by atoms with Gasteiger partial charge in [-0.05, 0) is 30.7 Å². The van der Waals surface area contributed by atoms with Crippen molar-refractivity contribution in [3.8, 4) is 0 Å². The topological polar surface area (TPSA) is 32.3 Å². The molecule has 0 radical (unpaired) electrons. The first-order valence-electron chi connectivity index (χ1n) is 5.73. The molecular formula is C11H21NO. The van der Waals surface area contributed by atoms with Crippen molar-refractivity contribution in [2.45, 2.75) is 32.1 Å². The van der Waals surface area contributed by atoms with Gasteiger partial charge in [0.2, 0.25) is 0 Å². The molecule has 2 aliphatic rings. The summed E-state index contributed by atoms with van der Waals surface area (Å²) in [5.74, 6) is 2.28. The average Bonchev–Trinajstić information content (AvgIpc) is 2.70. The molecule has 76 valence electrons. The number of piperidine rings is 1. The van der Waals surface area contributed by atoms with E-state index in [1.165, 1.54) is 32.1 Å². The zero-order valence-corrected chi connectivity index (χ0v) is 8.34. The Morgan fingerprint density at radius 1 is 1.15 bits per heavy atom. The third-order valence-corrected chi connectivity index (χ3v) is 3.91. The van der Waals surface area contributed by atoms with Gasteiger partial charge in [-0.25, -0.2) is 0 Å². The van der Waals surface area contributed by atoms with Crippen molar-refractivity contribution < 1.29 is 5.11 Å². The maximum atomic E-state index is 9.28. The summed E-state index contributed by atoms with van der Waals surface area (Å²) in [6, 6.07) is 0. The Labute approximate surface area is 80.7 Å². The van der Waals surface area contributed by atoms with E-state index in [9.17, 15) is 5.11 Å². The summed E-state index contributed by atoms with van der Waals surface area (Å²) in [6.07, 6.45) is 6.97. The smallest absolute Gasteiger partial charge is 0.0474 e. The van der Waals surface area contributed by atoms with Gasteiger partial charge in [0.1, 0.15) is 0 Å². The van der Waals surface area contributed by atoms with Crippen LogP contribution in [0, 0.1) is 17.8 Å². The van der Waals surface area contributed by atoms with Crippen LogP contribution in [0.3, 0.4) is 0 Å². The Morgan fingerprint density at radius 2 is 1.92 bits per heavy atom. The Kier molecular flexibility index (Phi) is 3.23. The Balaban J connectivity index is 1.93. The Bertz CT molecular complexity index is 152. The lowest BCUT2D eigenvalue weighted by atomic mass is 9.77. The van der Waals surface area contributed by atoms with Crippen molar-refractivity contribution in [1.29, 1.82) is 0 Å². The first kappa shape index (κ1) is 9.47. The van der Waals surface area contributed by atoms with Gasteiger partial charge in [-0.3, -0.25) is 0 Å². The van der Waals surface area contributed by atoms with Crippen molar-refractivity contribution in [3.05, 3.63) is 0 Å². The molecule has 13 heavy (non-hydrogen) atoms. The molecule has 2 unspecified atom stereocenters. The third-order valence-electron chi connectivity index (χ3n) is 3.91. The van der Waals surface area contributed by atoms with E-state index in [0.29, 0.717) is 12.5 Å². The van der Waals surface area contributed by atoms with Gasteiger partial charge < -0.3 is 10.4 Å². The molecule has 2 atom stereocenters. The lowest BCUT2D eigenvalue weighted by Gasteiger charge is -2.35. The molecule has 0 aromatic carbocycles. The van der Waals surface area contributed by atoms with Crippen molar-refractivity contribution in [2.24, 2.45) is 17.8 Å². The van der Waals surface area contributed by atoms with Crippen LogP contribution in [-0.2, 0) is 0 Å². The van der Waals surface area contributed by atoms with Crippen molar-refractivity contribution in [3.63, 3.8) is 0 Å². The molecule has 2 heteroatoms. The van der Waals surface area contributed by atoms with E-state index >= 15 is 0 Å². The molecule has 0 amide bonds. The van der Waals surface area contributed by atoms with E-state index < -0.39 is 0 Å². The number of hydrogen-bond donors (Lipinski definition) is 2. The van der Waals surface area contributed by atoms with Crippen LogP contribution in [-0.4, -0.2) is 24.8 Å². The second kappa shape index (κ2) is 4.43. The zero-order valence-electron chi connectivity index (χ0n) is 8.34. The standard InChI is InChI=1S/C11H21NO/c13-8-10-7-12-6-5-11(10)9-3-1-2-4-9/h9-13H,1-8H2. The van der Waals surface area contributed by atoms with Crippen LogP contribution in [0.4, 0.5) is 0 Å². The van der Waals surface area contributed by atoms with E-state index in [1.54, 1.807) is 0 Å². The molecule has 1 aliphatic carbocycles. The van der Waals surface area contributed by atoms with Crippen LogP contribution < -0.4 is 5.32 Å². The van der Waals surface area contributed by atoms with Gasteiger partial charge in [0.05, 0.1) is 0 Å². The molecular weight excluding hydrogens is 162 g/mol. The van der Waals surface area contributed by atoms with Crippen LogP contribution in [0.15, 0.2) is 0 Å². The molecule has 1 saturated heterocycles. The van der Waals surface area contributed by atoms with Crippen LogP contribution in [0.5, 0.6) is 0 Å². The van der Waals surface area contributed by atoms with Crippen molar-refractivity contribution in [1.82, 2.24) is 5.32 Å². The van der Waals surface area contributed by atoms with Gasteiger partial charge in [0, 0.05) is 13.2 Å². The lowest BCUT2D eigenvalue weighted by molar-refractivity contribution is 0.107. The molecule has 0 aromatic rings. The number of aliphatic hydroxyl groups is 1. The third kappa shape index (κ3) is 2.05. The predicted molar refractivity (Wildman–Crippen MR) is 53.5 cm³/mol. The van der Waals surface area contributed by atoms with Crippen molar-refractivity contribution in [2.75, 3.05) is 19.7 Å². The highest BCUT2D eigenvalue weighted by Crippen LogP contribution is 2.37. The molecule has 0 spiro atoms. The summed E-state index contributed by atoms with van der Waals surface area (Å²) < 4.78 is 0. The summed E-state index contributed by atoms with van der Waals surface area (Å²) in [6.45, 7) is 2.59. The summed E-state index contributed by atoms with van der Waals surface area (Å²) >= 11 is 0. The van der Waals surface area contributed by atoms with Crippen molar-refractivity contribution >= 4 is 0 Å². The van der Waals surface area contributed by atoms with Crippen LogP contribution >= 0.6 is 0 Å². The molecule has 1 saturated carbocycles. The van der Waals surface area contributed by atoms with Gasteiger partial charge in [-0.2, -0.15) is 0 Å². The molecule has 1 aliphatic heterocycles. The number of rotatable bonds is 2. The molecule has 0 aromatic heterocycles. The minimum atomic E-state index is 0.383. The molecule has 2 N–H and O–H groups in total. The quantitative estimate of drug-likeness (QED) is 0.678. The van der Waals surface area contributed by atoms with E-state index in [2.05, 4.69) is 5.32 Å². The highest BCUT2D eigenvalue weighted by molar-refractivity contribution is 4.84. The summed E-state index contributed by atoms with van der Waals surface area (Å²) in [7, 11) is 0. The number of aliphatic hydroxyl groups excluding tert-OH is 1. The molecule has 1 heterocycles. The zero-order chi connectivity index (χ0) is 9.10. The fourth-order valence-corrected chi connectivity index (χ4v) is 3.15. The predicted octanol–water partition coefficient (Wildman–Crippen LogP) is 1.39. The SMILES string of the molecule is OCC1CNCCC1C1CCCC1. The highest BCUT2D eigenvalue weighted by Gasteiger charge is 2.32. The van der Waals surface area contributed by atoms with Crippen LogP contribution in [0.2, 0.25) is 0 Å². The van der Waals surface area contributed by atoms with E-state index in [0.717, 1.165) is 24.9 Å². The molecule has 0 bridgehead atoms. The Hall–Kier alpha value is -0.0800. The minimum Gasteiger partial charge on any atom is -0.396 e. The monoisotopic (exact) mass is 183 g/mol. The van der Waals surface area contributed by atoms with Gasteiger partial charge in [0.25, 0.3) is 0 Å². The van der Waals surface area contributed by atoms with E-state index in [4.69, 9.17) is 0 Å². The molecule has 2 fully saturated rings. The first-order chi connectivity index (χ1) is 6.42. The first-order valence-corrected chi connectivity index (χ1v) is 5.73. The minimum absolute atomic E-state index is 0.383. The normalized spacial score (nSPS) is 36.7. The fourth-order valence-electron chi connectivity index (χ4n) is 3.15. The molecule has 2 rings (SSSR count). The number of hydrogen-bond acceptors (Lipinski definition) is 2. The maximum absolute atomic E-state index is 9.28. The average molecular weight is 183 g/mol. The van der Waals surface area contributed by atoms with Crippen LogP contribution in [0.25, 0.3) is 0 Å². The fraction of sp³-hybridized carbons (Fsp3) is 1.00. The van der Waals surface area contributed by atoms with Crippen LogP contribution in [0.1, 0.15) is 32.1 Å². The lowest BCUT2D eigenvalue weighted by Crippen LogP contribution is -2.41. The molecule has 2 nitrogen and oxygen atoms in total. The summed E-state index contributed by atoms with van der Waals surface area (Å²) in [5.41, 5.74) is 0. The largest absolute Gasteiger partial charge is 0.396 e. The van der Waals surface area contributed by atoms with Gasteiger partial charge >= 0.3 is 0 Å². The highest BCUT2D eigenvalue weighted by atomic mass is 16.3. The van der Waals surface area contributed by atoms with E-state index in [-0.39, 0.29) is 0 Å². The second-order valence-electron chi connectivity index (χ2n) is 4.64. The summed E-state index contributed by atoms with van der Waals surface area (Å²) in [5, 5.41) is 12.7. The summed E-state index contributed by atoms with van der Waals surface area (Å²) in [4.78, 5) is 0. The van der Waals surface area contributed by atoms with Gasteiger partial charge in [-0.1, -0.05) is 25.7 Å². The maximum Gasteiger partial charge on any atom is 0.0474 e. The van der Waals surface area contributed by atoms with Gasteiger partial charge in [0.15, 0.2) is 0 Å². The van der Waals surface area contributed by atoms with E-state index in [1.807, 2.05) is 0 Å². The second-order valence-corrected chi connectivity index (χ2v) is 4.64. The Morgan fingerprint density at radius 3 is 2.62 bits per heavy atom.